The van der Waals surface area contributed by atoms with Gasteiger partial charge in [-0.25, -0.2) is 4.98 Å². The minimum atomic E-state index is -0.253. The summed E-state index contributed by atoms with van der Waals surface area (Å²) in [5.74, 6) is -0.292. The van der Waals surface area contributed by atoms with E-state index in [1.807, 2.05) is 6.92 Å². The second kappa shape index (κ2) is 5.21. The first kappa shape index (κ1) is 10.5. The molecule has 4 nitrogen and oxygen atoms in total. The highest BCUT2D eigenvalue weighted by Gasteiger charge is 2.11. The van der Waals surface area contributed by atoms with Crippen molar-refractivity contribution >= 4 is 11.6 Å². The number of Topliss-reactive ketones (excluding diaryl/α,β-unsaturated/α-hetero) is 2. The minimum absolute atomic E-state index is 0.0387. The zero-order chi connectivity index (χ0) is 10.4. The highest BCUT2D eigenvalue weighted by atomic mass is 16.1. The van der Waals surface area contributed by atoms with Gasteiger partial charge in [0.2, 0.25) is 0 Å². The van der Waals surface area contributed by atoms with Crippen molar-refractivity contribution in [2.24, 2.45) is 0 Å². The van der Waals surface area contributed by atoms with Gasteiger partial charge < -0.3 is 0 Å². The number of hydrogen-bond donors (Lipinski definition) is 0. The molecule has 0 N–H and O–H groups in total. The molecule has 1 rings (SSSR count). The molecular weight excluding hydrogens is 180 g/mol. The third-order valence-electron chi connectivity index (χ3n) is 1.74. The van der Waals surface area contributed by atoms with Crippen LogP contribution in [-0.4, -0.2) is 21.5 Å². The maximum atomic E-state index is 11.4. The van der Waals surface area contributed by atoms with Gasteiger partial charge in [0.1, 0.15) is 11.5 Å². The Morgan fingerprint density at radius 1 is 1.36 bits per heavy atom. The molecule has 0 amide bonds. The van der Waals surface area contributed by atoms with Gasteiger partial charge in [-0.05, 0) is 6.42 Å². The van der Waals surface area contributed by atoms with Crippen LogP contribution < -0.4 is 0 Å². The van der Waals surface area contributed by atoms with Gasteiger partial charge in [0.05, 0.1) is 12.6 Å². The molecule has 0 saturated heterocycles. The molecule has 0 aliphatic carbocycles. The Morgan fingerprint density at radius 2 is 2.14 bits per heavy atom. The molecule has 74 valence electrons. The van der Waals surface area contributed by atoms with Gasteiger partial charge >= 0.3 is 0 Å². The topological polar surface area (TPSA) is 59.9 Å². The Labute approximate surface area is 82.4 Å². The maximum absolute atomic E-state index is 11.4. The fraction of sp³-hybridized carbons (Fsp3) is 0.400. The first-order chi connectivity index (χ1) is 6.74. The molecule has 1 heterocycles. The van der Waals surface area contributed by atoms with Crippen molar-refractivity contribution in [1.29, 1.82) is 0 Å². The van der Waals surface area contributed by atoms with Gasteiger partial charge in [-0.2, -0.15) is 0 Å². The molecular formula is C10H12N2O2. The van der Waals surface area contributed by atoms with Crippen molar-refractivity contribution in [3.05, 3.63) is 24.3 Å². The quantitative estimate of drug-likeness (QED) is 0.523. The van der Waals surface area contributed by atoms with E-state index in [4.69, 9.17) is 0 Å². The SMILES string of the molecule is CCCC(=O)CC(=O)c1cnccn1. The molecule has 1 aromatic heterocycles. The second-order valence-electron chi connectivity index (χ2n) is 2.98. The highest BCUT2D eigenvalue weighted by molar-refractivity contribution is 6.06. The molecule has 0 saturated carbocycles. The molecule has 0 radical (unpaired) electrons. The average Bonchev–Trinajstić information content (AvgIpc) is 2.19. The second-order valence-corrected chi connectivity index (χ2v) is 2.98. The fourth-order valence-electron chi connectivity index (χ4n) is 1.08. The summed E-state index contributed by atoms with van der Waals surface area (Å²) in [5, 5.41) is 0. The number of carbonyl (C=O) groups is 2. The molecule has 0 atom stereocenters. The molecule has 0 spiro atoms. The van der Waals surface area contributed by atoms with Crippen LogP contribution in [0.2, 0.25) is 0 Å². The van der Waals surface area contributed by atoms with Gasteiger partial charge in [0.25, 0.3) is 0 Å². The van der Waals surface area contributed by atoms with Gasteiger partial charge in [-0.1, -0.05) is 6.92 Å². The van der Waals surface area contributed by atoms with Crippen molar-refractivity contribution in [1.82, 2.24) is 9.97 Å². The van der Waals surface area contributed by atoms with Crippen LogP contribution in [0.3, 0.4) is 0 Å². The number of nitrogens with zero attached hydrogens (tertiary/aromatic N) is 2. The Hall–Kier alpha value is -1.58. The van der Waals surface area contributed by atoms with E-state index >= 15 is 0 Å². The molecule has 0 aromatic carbocycles. The molecule has 14 heavy (non-hydrogen) atoms. The van der Waals surface area contributed by atoms with E-state index in [2.05, 4.69) is 9.97 Å². The summed E-state index contributed by atoms with van der Waals surface area (Å²) in [4.78, 5) is 30.2. The van der Waals surface area contributed by atoms with Crippen LogP contribution in [0.25, 0.3) is 0 Å². The van der Waals surface area contributed by atoms with Gasteiger partial charge in [-0.15, -0.1) is 0 Å². The van der Waals surface area contributed by atoms with Crippen LogP contribution >= 0.6 is 0 Å². The summed E-state index contributed by atoms with van der Waals surface area (Å²) in [6.45, 7) is 1.91. The summed E-state index contributed by atoms with van der Waals surface area (Å²) in [6.07, 6.45) is 5.47. The largest absolute Gasteiger partial charge is 0.299 e. The van der Waals surface area contributed by atoms with E-state index in [0.29, 0.717) is 6.42 Å². The zero-order valence-electron chi connectivity index (χ0n) is 8.06. The fourth-order valence-corrected chi connectivity index (χ4v) is 1.08. The number of ketones is 2. The predicted octanol–water partition coefficient (Wildman–Crippen LogP) is 1.42. The van der Waals surface area contributed by atoms with E-state index in [1.165, 1.54) is 18.6 Å². The van der Waals surface area contributed by atoms with Crippen LogP contribution in [-0.2, 0) is 4.79 Å². The minimum Gasteiger partial charge on any atom is -0.299 e. The van der Waals surface area contributed by atoms with E-state index < -0.39 is 0 Å². The van der Waals surface area contributed by atoms with Crippen molar-refractivity contribution in [2.75, 3.05) is 0 Å². The molecule has 0 aliphatic rings. The average molecular weight is 192 g/mol. The lowest BCUT2D eigenvalue weighted by Crippen LogP contribution is -2.09. The third kappa shape index (κ3) is 3.05. The van der Waals surface area contributed by atoms with E-state index in [9.17, 15) is 9.59 Å². The first-order valence-corrected chi connectivity index (χ1v) is 4.55. The summed E-state index contributed by atoms with van der Waals surface area (Å²) < 4.78 is 0. The number of aromatic nitrogens is 2. The summed E-state index contributed by atoms with van der Waals surface area (Å²) in [7, 11) is 0. The Balaban J connectivity index is 2.55. The standard InChI is InChI=1S/C10H12N2O2/c1-2-3-8(13)6-10(14)9-7-11-4-5-12-9/h4-5,7H,2-3,6H2,1H3. The van der Waals surface area contributed by atoms with Crippen LogP contribution in [0.4, 0.5) is 0 Å². The van der Waals surface area contributed by atoms with Crippen molar-refractivity contribution < 1.29 is 9.59 Å². The van der Waals surface area contributed by atoms with Gasteiger partial charge in [0.15, 0.2) is 5.78 Å². The zero-order valence-corrected chi connectivity index (χ0v) is 8.06. The van der Waals surface area contributed by atoms with Crippen LogP contribution in [0.5, 0.6) is 0 Å². The third-order valence-corrected chi connectivity index (χ3v) is 1.74. The van der Waals surface area contributed by atoms with Gasteiger partial charge in [-0.3, -0.25) is 14.6 Å². The summed E-state index contributed by atoms with van der Waals surface area (Å²) in [6, 6.07) is 0. The summed E-state index contributed by atoms with van der Waals surface area (Å²) >= 11 is 0. The normalized spacial score (nSPS) is 9.79. The van der Waals surface area contributed by atoms with Crippen molar-refractivity contribution in [3.8, 4) is 0 Å². The first-order valence-electron chi connectivity index (χ1n) is 4.55. The lowest BCUT2D eigenvalue weighted by molar-refractivity contribution is -0.118. The molecule has 0 unspecified atom stereocenters. The van der Waals surface area contributed by atoms with Gasteiger partial charge in [0, 0.05) is 18.8 Å². The number of carbonyl (C=O) groups excluding carboxylic acids is 2. The predicted molar refractivity (Wildman–Crippen MR) is 50.9 cm³/mol. The Morgan fingerprint density at radius 3 is 2.71 bits per heavy atom. The van der Waals surface area contributed by atoms with E-state index in [-0.39, 0.29) is 23.7 Å². The molecule has 4 heteroatoms. The number of hydrogen-bond acceptors (Lipinski definition) is 4. The molecule has 0 bridgehead atoms. The molecule has 0 aliphatic heterocycles. The molecule has 0 fully saturated rings. The summed E-state index contributed by atoms with van der Waals surface area (Å²) in [5.41, 5.74) is 0.261. The van der Waals surface area contributed by atoms with Crippen LogP contribution in [0.15, 0.2) is 18.6 Å². The Kier molecular flexibility index (Phi) is 3.91. The van der Waals surface area contributed by atoms with E-state index in [0.717, 1.165) is 6.42 Å². The lowest BCUT2D eigenvalue weighted by Gasteiger charge is -1.97. The monoisotopic (exact) mass is 192 g/mol. The lowest BCUT2D eigenvalue weighted by atomic mass is 10.1. The Bertz CT molecular complexity index is 322. The highest BCUT2D eigenvalue weighted by Crippen LogP contribution is 2.01. The number of rotatable bonds is 5. The maximum Gasteiger partial charge on any atom is 0.190 e. The van der Waals surface area contributed by atoms with Crippen molar-refractivity contribution in [2.45, 2.75) is 26.2 Å². The molecule has 1 aromatic rings. The van der Waals surface area contributed by atoms with E-state index in [1.54, 1.807) is 0 Å². The van der Waals surface area contributed by atoms with Crippen LogP contribution in [0.1, 0.15) is 36.7 Å². The van der Waals surface area contributed by atoms with Crippen LogP contribution in [0, 0.1) is 0 Å². The van der Waals surface area contributed by atoms with Crippen molar-refractivity contribution in [3.63, 3.8) is 0 Å². The smallest absolute Gasteiger partial charge is 0.190 e.